The van der Waals surface area contributed by atoms with Gasteiger partial charge in [0.1, 0.15) is 5.82 Å². The van der Waals surface area contributed by atoms with E-state index in [0.717, 1.165) is 11.1 Å². The third-order valence-corrected chi connectivity index (χ3v) is 3.55. The van der Waals surface area contributed by atoms with Crippen molar-refractivity contribution < 1.29 is 9.50 Å². The molecule has 19 heavy (non-hydrogen) atoms. The summed E-state index contributed by atoms with van der Waals surface area (Å²) in [6.07, 6.45) is -0.408. The minimum Gasteiger partial charge on any atom is -0.388 e. The summed E-state index contributed by atoms with van der Waals surface area (Å²) in [5, 5.41) is 10.9. The molecule has 0 amide bonds. The number of aryl methyl sites for hydroxylation is 1. The van der Waals surface area contributed by atoms with E-state index in [4.69, 9.17) is 23.2 Å². The summed E-state index contributed by atoms with van der Waals surface area (Å²) >= 11 is 11.5. The van der Waals surface area contributed by atoms with Crippen LogP contribution >= 0.6 is 23.2 Å². The molecule has 0 spiro atoms. The fourth-order valence-electron chi connectivity index (χ4n) is 1.97. The average molecular weight is 299 g/mol. The molecule has 0 aliphatic carbocycles. The van der Waals surface area contributed by atoms with Gasteiger partial charge in [-0.05, 0) is 47.9 Å². The Kier molecular flexibility index (Phi) is 4.46. The maximum atomic E-state index is 13.3. The molecule has 4 heteroatoms. The summed E-state index contributed by atoms with van der Waals surface area (Å²) in [4.78, 5) is 0. The van der Waals surface area contributed by atoms with Gasteiger partial charge in [-0.25, -0.2) is 4.39 Å². The van der Waals surface area contributed by atoms with Crippen molar-refractivity contribution in [2.75, 3.05) is 0 Å². The highest BCUT2D eigenvalue weighted by molar-refractivity contribution is 6.31. The summed E-state index contributed by atoms with van der Waals surface area (Å²) in [6, 6.07) is 9.88. The largest absolute Gasteiger partial charge is 0.388 e. The van der Waals surface area contributed by atoms with Crippen LogP contribution in [0.4, 0.5) is 4.39 Å². The van der Waals surface area contributed by atoms with E-state index in [2.05, 4.69) is 0 Å². The first-order valence-corrected chi connectivity index (χ1v) is 6.61. The molecular formula is C15H13Cl2FO. The summed E-state index contributed by atoms with van der Waals surface area (Å²) < 4.78 is 13.3. The Hall–Kier alpha value is -1.09. The highest BCUT2D eigenvalue weighted by Crippen LogP contribution is 2.26. The minimum absolute atomic E-state index is 0.0807. The number of aliphatic hydroxyl groups excluding tert-OH is 1. The summed E-state index contributed by atoms with van der Waals surface area (Å²) in [5.41, 5.74) is 2.39. The summed E-state index contributed by atoms with van der Waals surface area (Å²) in [5.74, 6) is -0.478. The monoisotopic (exact) mass is 298 g/mol. The maximum Gasteiger partial charge on any atom is 0.142 e. The van der Waals surface area contributed by atoms with Crippen molar-refractivity contribution in [1.82, 2.24) is 0 Å². The van der Waals surface area contributed by atoms with Crippen LogP contribution in [0.25, 0.3) is 0 Å². The van der Waals surface area contributed by atoms with Gasteiger partial charge in [0, 0.05) is 11.4 Å². The van der Waals surface area contributed by atoms with Crippen LogP contribution in [0.1, 0.15) is 22.8 Å². The van der Waals surface area contributed by atoms with E-state index in [9.17, 15) is 9.50 Å². The Morgan fingerprint density at radius 3 is 2.58 bits per heavy atom. The molecule has 1 nitrogen and oxygen atoms in total. The molecule has 1 unspecified atom stereocenters. The van der Waals surface area contributed by atoms with Crippen molar-refractivity contribution in [3.8, 4) is 0 Å². The lowest BCUT2D eigenvalue weighted by Crippen LogP contribution is -2.04. The third kappa shape index (κ3) is 3.47. The molecule has 2 rings (SSSR count). The maximum absolute atomic E-state index is 13.3. The molecule has 0 bridgehead atoms. The number of aliphatic hydroxyl groups is 1. The van der Waals surface area contributed by atoms with E-state index >= 15 is 0 Å². The molecule has 0 aromatic heterocycles. The fraction of sp³-hybridized carbons (Fsp3) is 0.200. The van der Waals surface area contributed by atoms with Crippen LogP contribution in [0.15, 0.2) is 36.4 Å². The molecule has 0 heterocycles. The van der Waals surface area contributed by atoms with Gasteiger partial charge in [0.25, 0.3) is 0 Å². The number of benzene rings is 2. The molecule has 0 aliphatic rings. The van der Waals surface area contributed by atoms with E-state index in [1.165, 1.54) is 12.1 Å². The molecule has 0 saturated carbocycles. The average Bonchev–Trinajstić information content (AvgIpc) is 2.36. The van der Waals surface area contributed by atoms with Crippen molar-refractivity contribution in [2.24, 2.45) is 0 Å². The second-order valence-corrected chi connectivity index (χ2v) is 5.31. The smallest absolute Gasteiger partial charge is 0.142 e. The van der Waals surface area contributed by atoms with Crippen molar-refractivity contribution in [3.05, 3.63) is 69.0 Å². The van der Waals surface area contributed by atoms with Crippen LogP contribution in [0.3, 0.4) is 0 Å². The lowest BCUT2D eigenvalue weighted by atomic mass is 9.98. The molecule has 0 saturated heterocycles. The van der Waals surface area contributed by atoms with E-state index in [1.807, 2.05) is 13.0 Å². The number of halogens is 3. The van der Waals surface area contributed by atoms with Gasteiger partial charge in [-0.1, -0.05) is 35.3 Å². The quantitative estimate of drug-likeness (QED) is 0.869. The zero-order valence-electron chi connectivity index (χ0n) is 10.3. The van der Waals surface area contributed by atoms with Crippen molar-refractivity contribution >= 4 is 23.2 Å². The van der Waals surface area contributed by atoms with Crippen molar-refractivity contribution in [2.45, 2.75) is 19.4 Å². The molecular weight excluding hydrogens is 286 g/mol. The predicted octanol–water partition coefficient (Wildman–Crippen LogP) is 4.72. The number of hydrogen-bond donors (Lipinski definition) is 1. The van der Waals surface area contributed by atoms with Gasteiger partial charge in [-0.15, -0.1) is 0 Å². The topological polar surface area (TPSA) is 20.2 Å². The second kappa shape index (κ2) is 5.91. The standard InChI is InChI=1S/C15H13Cl2FO/c1-9-2-4-11(16)8-12(9)15(19)7-10-3-5-13(17)14(18)6-10/h2-6,8,15,19H,7H2,1H3. The molecule has 0 radical (unpaired) electrons. The fourth-order valence-corrected chi connectivity index (χ4v) is 2.27. The van der Waals surface area contributed by atoms with Gasteiger partial charge in [-0.2, -0.15) is 0 Å². The minimum atomic E-state index is -0.723. The van der Waals surface area contributed by atoms with Crippen molar-refractivity contribution in [1.29, 1.82) is 0 Å². The Morgan fingerprint density at radius 1 is 1.16 bits per heavy atom. The zero-order valence-corrected chi connectivity index (χ0v) is 11.8. The lowest BCUT2D eigenvalue weighted by molar-refractivity contribution is 0.177. The van der Waals surface area contributed by atoms with Crippen LogP contribution in [0, 0.1) is 12.7 Å². The zero-order chi connectivity index (χ0) is 14.0. The van der Waals surface area contributed by atoms with Crippen molar-refractivity contribution in [3.63, 3.8) is 0 Å². The third-order valence-electron chi connectivity index (χ3n) is 3.01. The van der Waals surface area contributed by atoms with Crippen LogP contribution < -0.4 is 0 Å². The Morgan fingerprint density at radius 2 is 1.89 bits per heavy atom. The molecule has 0 fully saturated rings. The van der Waals surface area contributed by atoms with Gasteiger partial charge in [0.15, 0.2) is 0 Å². The summed E-state index contributed by atoms with van der Waals surface area (Å²) in [6.45, 7) is 1.90. The van der Waals surface area contributed by atoms with Gasteiger partial charge in [0.05, 0.1) is 11.1 Å². The summed E-state index contributed by atoms with van der Waals surface area (Å²) in [7, 11) is 0. The molecule has 1 atom stereocenters. The van der Waals surface area contributed by atoms with Crippen LogP contribution in [0.2, 0.25) is 10.0 Å². The Labute approximate surface area is 121 Å². The van der Waals surface area contributed by atoms with E-state index in [-0.39, 0.29) is 5.02 Å². The molecule has 2 aromatic carbocycles. The first-order valence-electron chi connectivity index (χ1n) is 5.85. The SMILES string of the molecule is Cc1ccc(Cl)cc1C(O)Cc1ccc(Cl)c(F)c1. The van der Waals surface area contributed by atoms with Crippen LogP contribution in [-0.4, -0.2) is 5.11 Å². The Bertz CT molecular complexity index is 599. The molecule has 1 N–H and O–H groups in total. The van der Waals surface area contributed by atoms with Gasteiger partial charge in [-0.3, -0.25) is 0 Å². The highest BCUT2D eigenvalue weighted by Gasteiger charge is 2.13. The normalized spacial score (nSPS) is 12.5. The van der Waals surface area contributed by atoms with Gasteiger partial charge >= 0.3 is 0 Å². The number of hydrogen-bond acceptors (Lipinski definition) is 1. The van der Waals surface area contributed by atoms with Gasteiger partial charge in [0.2, 0.25) is 0 Å². The lowest BCUT2D eigenvalue weighted by Gasteiger charge is -2.14. The van der Waals surface area contributed by atoms with E-state index < -0.39 is 11.9 Å². The molecule has 0 aliphatic heterocycles. The Balaban J connectivity index is 2.22. The second-order valence-electron chi connectivity index (χ2n) is 4.47. The highest BCUT2D eigenvalue weighted by atomic mass is 35.5. The van der Waals surface area contributed by atoms with Gasteiger partial charge < -0.3 is 5.11 Å². The van der Waals surface area contributed by atoms with E-state index in [1.54, 1.807) is 18.2 Å². The van der Waals surface area contributed by atoms with E-state index in [0.29, 0.717) is 17.0 Å². The molecule has 100 valence electrons. The first kappa shape index (κ1) is 14.3. The van der Waals surface area contributed by atoms with Crippen LogP contribution in [-0.2, 0) is 6.42 Å². The first-order chi connectivity index (χ1) is 8.97. The molecule has 2 aromatic rings. The number of rotatable bonds is 3. The van der Waals surface area contributed by atoms with Crippen LogP contribution in [0.5, 0.6) is 0 Å². The predicted molar refractivity (Wildman–Crippen MR) is 76.3 cm³/mol.